The van der Waals surface area contributed by atoms with E-state index in [1.807, 2.05) is 11.8 Å². The molecule has 1 atom stereocenters. The maximum atomic E-state index is 13.1. The number of aromatic nitrogens is 2. The standard InChI is InChI=1S/C15H17FN4OS/c16-12-3-1-11(2-4-12)13(14-17-5-6-18-14)19-15(21)20-7-9-22-10-8-20/h1-6,13H,7-10H2,(H,17,18)(H,19,21)/t13-/m1/s1. The van der Waals surface area contributed by atoms with Gasteiger partial charge in [-0.3, -0.25) is 0 Å². The molecule has 5 nitrogen and oxygen atoms in total. The number of nitrogens with zero attached hydrogens (tertiary/aromatic N) is 2. The van der Waals surface area contributed by atoms with Gasteiger partial charge in [-0.15, -0.1) is 0 Å². The molecule has 0 unspecified atom stereocenters. The molecule has 1 fully saturated rings. The molecule has 2 amide bonds. The molecule has 2 heterocycles. The zero-order valence-corrected chi connectivity index (χ0v) is 12.8. The number of urea groups is 1. The molecule has 116 valence electrons. The highest BCUT2D eigenvalue weighted by Gasteiger charge is 2.23. The summed E-state index contributed by atoms with van der Waals surface area (Å²) >= 11 is 1.85. The normalized spacial score (nSPS) is 16.3. The highest BCUT2D eigenvalue weighted by Crippen LogP contribution is 2.20. The van der Waals surface area contributed by atoms with E-state index in [0.29, 0.717) is 5.82 Å². The summed E-state index contributed by atoms with van der Waals surface area (Å²) in [7, 11) is 0. The number of rotatable bonds is 3. The number of aromatic amines is 1. The first kappa shape index (κ1) is 14.9. The van der Waals surface area contributed by atoms with E-state index in [0.717, 1.165) is 30.2 Å². The van der Waals surface area contributed by atoms with E-state index in [-0.39, 0.29) is 11.8 Å². The number of halogens is 1. The number of hydrogen-bond acceptors (Lipinski definition) is 3. The van der Waals surface area contributed by atoms with Gasteiger partial charge in [0.2, 0.25) is 0 Å². The molecule has 22 heavy (non-hydrogen) atoms. The van der Waals surface area contributed by atoms with Crippen molar-refractivity contribution in [3.8, 4) is 0 Å². The number of carbonyl (C=O) groups excluding carboxylic acids is 1. The summed E-state index contributed by atoms with van der Waals surface area (Å²) in [5.41, 5.74) is 0.788. The summed E-state index contributed by atoms with van der Waals surface area (Å²) in [4.78, 5) is 21.5. The number of thioether (sulfide) groups is 1. The molecule has 0 aliphatic carbocycles. The molecule has 0 saturated carbocycles. The SMILES string of the molecule is O=C(N[C@H](c1ccc(F)cc1)c1ncc[nH]1)N1CCSCC1. The largest absolute Gasteiger partial charge is 0.347 e. The first-order chi connectivity index (χ1) is 10.7. The topological polar surface area (TPSA) is 61.0 Å². The molecule has 0 radical (unpaired) electrons. The van der Waals surface area contributed by atoms with Crippen molar-refractivity contribution >= 4 is 17.8 Å². The molecule has 3 rings (SSSR count). The van der Waals surface area contributed by atoms with Gasteiger partial charge < -0.3 is 15.2 Å². The lowest BCUT2D eigenvalue weighted by atomic mass is 10.1. The fourth-order valence-corrected chi connectivity index (χ4v) is 3.28. The van der Waals surface area contributed by atoms with Gasteiger partial charge in [-0.05, 0) is 17.7 Å². The minimum absolute atomic E-state index is 0.119. The van der Waals surface area contributed by atoms with Gasteiger partial charge in [-0.25, -0.2) is 14.2 Å². The second-order valence-electron chi connectivity index (χ2n) is 5.01. The van der Waals surface area contributed by atoms with Crippen molar-refractivity contribution in [2.75, 3.05) is 24.6 Å². The van der Waals surface area contributed by atoms with Crippen molar-refractivity contribution in [2.24, 2.45) is 0 Å². The van der Waals surface area contributed by atoms with E-state index in [1.165, 1.54) is 12.1 Å². The fraction of sp³-hybridized carbons (Fsp3) is 0.333. The van der Waals surface area contributed by atoms with Gasteiger partial charge in [-0.1, -0.05) is 12.1 Å². The highest BCUT2D eigenvalue weighted by atomic mass is 32.2. The summed E-state index contributed by atoms with van der Waals surface area (Å²) in [6, 6.07) is 5.55. The Kier molecular flexibility index (Phi) is 4.62. The highest BCUT2D eigenvalue weighted by molar-refractivity contribution is 7.99. The molecule has 1 aromatic heterocycles. The van der Waals surface area contributed by atoms with Crippen LogP contribution in [-0.4, -0.2) is 45.5 Å². The van der Waals surface area contributed by atoms with Crippen molar-refractivity contribution in [3.63, 3.8) is 0 Å². The van der Waals surface area contributed by atoms with Crippen LogP contribution in [0.15, 0.2) is 36.7 Å². The van der Waals surface area contributed by atoms with Gasteiger partial charge in [0, 0.05) is 37.0 Å². The number of hydrogen-bond donors (Lipinski definition) is 2. The summed E-state index contributed by atoms with van der Waals surface area (Å²) in [5.74, 6) is 2.23. The van der Waals surface area contributed by atoms with Crippen LogP contribution in [0, 0.1) is 5.82 Å². The number of amides is 2. The Balaban J connectivity index is 1.79. The summed E-state index contributed by atoms with van der Waals surface area (Å²) < 4.78 is 13.1. The Morgan fingerprint density at radius 1 is 1.32 bits per heavy atom. The minimum atomic E-state index is -0.419. The van der Waals surface area contributed by atoms with Crippen LogP contribution < -0.4 is 5.32 Å². The molecular formula is C15H17FN4OS. The number of imidazole rings is 1. The molecule has 1 saturated heterocycles. The molecule has 7 heteroatoms. The van der Waals surface area contributed by atoms with Gasteiger partial charge in [-0.2, -0.15) is 11.8 Å². The quantitative estimate of drug-likeness (QED) is 0.913. The molecule has 1 aromatic carbocycles. The van der Waals surface area contributed by atoms with E-state index >= 15 is 0 Å². The Bertz CT molecular complexity index is 611. The van der Waals surface area contributed by atoms with Crippen molar-refractivity contribution in [1.29, 1.82) is 0 Å². The molecule has 0 spiro atoms. The van der Waals surface area contributed by atoms with Crippen LogP contribution in [0.25, 0.3) is 0 Å². The third kappa shape index (κ3) is 3.41. The average Bonchev–Trinajstić information content (AvgIpc) is 3.08. The zero-order valence-electron chi connectivity index (χ0n) is 12.0. The number of carbonyl (C=O) groups is 1. The predicted molar refractivity (Wildman–Crippen MR) is 84.3 cm³/mol. The third-order valence-corrected chi connectivity index (χ3v) is 4.50. The average molecular weight is 320 g/mol. The van der Waals surface area contributed by atoms with Crippen LogP contribution in [0.3, 0.4) is 0 Å². The monoisotopic (exact) mass is 320 g/mol. The van der Waals surface area contributed by atoms with Crippen LogP contribution in [0.4, 0.5) is 9.18 Å². The second kappa shape index (κ2) is 6.83. The van der Waals surface area contributed by atoms with Crippen LogP contribution in [0.1, 0.15) is 17.4 Å². The van der Waals surface area contributed by atoms with E-state index in [4.69, 9.17) is 0 Å². The summed E-state index contributed by atoms with van der Waals surface area (Å²) in [6.07, 6.45) is 3.34. The van der Waals surface area contributed by atoms with E-state index in [1.54, 1.807) is 29.4 Å². The number of benzene rings is 1. The fourth-order valence-electron chi connectivity index (χ4n) is 2.38. The number of H-pyrrole nitrogens is 1. The maximum Gasteiger partial charge on any atom is 0.318 e. The molecule has 1 aliphatic rings. The summed E-state index contributed by atoms with van der Waals surface area (Å²) in [5, 5.41) is 2.99. The number of nitrogens with one attached hydrogen (secondary N) is 2. The molecule has 0 bridgehead atoms. The van der Waals surface area contributed by atoms with Gasteiger partial charge in [0.05, 0.1) is 0 Å². The summed E-state index contributed by atoms with van der Waals surface area (Å²) in [6.45, 7) is 1.48. The maximum absolute atomic E-state index is 13.1. The van der Waals surface area contributed by atoms with Crippen LogP contribution in [0.2, 0.25) is 0 Å². The van der Waals surface area contributed by atoms with Gasteiger partial charge >= 0.3 is 6.03 Å². The van der Waals surface area contributed by atoms with Gasteiger partial charge in [0.25, 0.3) is 0 Å². The van der Waals surface area contributed by atoms with Crippen molar-refractivity contribution in [2.45, 2.75) is 6.04 Å². The molecule has 1 aliphatic heterocycles. The van der Waals surface area contributed by atoms with E-state index in [2.05, 4.69) is 15.3 Å². The minimum Gasteiger partial charge on any atom is -0.347 e. The van der Waals surface area contributed by atoms with E-state index in [9.17, 15) is 9.18 Å². The van der Waals surface area contributed by atoms with Gasteiger partial charge in [0.1, 0.15) is 17.7 Å². The van der Waals surface area contributed by atoms with Crippen LogP contribution >= 0.6 is 11.8 Å². The van der Waals surface area contributed by atoms with E-state index < -0.39 is 6.04 Å². The Hall–Kier alpha value is -2.02. The molecular weight excluding hydrogens is 303 g/mol. The van der Waals surface area contributed by atoms with Crippen LogP contribution in [0.5, 0.6) is 0 Å². The Morgan fingerprint density at radius 2 is 2.05 bits per heavy atom. The molecule has 2 aromatic rings. The Labute approximate surface area is 132 Å². The lowest BCUT2D eigenvalue weighted by molar-refractivity contribution is 0.200. The van der Waals surface area contributed by atoms with Crippen molar-refractivity contribution < 1.29 is 9.18 Å². The second-order valence-corrected chi connectivity index (χ2v) is 6.23. The third-order valence-electron chi connectivity index (χ3n) is 3.56. The van der Waals surface area contributed by atoms with Crippen molar-refractivity contribution in [1.82, 2.24) is 20.2 Å². The first-order valence-electron chi connectivity index (χ1n) is 7.12. The zero-order chi connectivity index (χ0) is 15.4. The lowest BCUT2D eigenvalue weighted by Gasteiger charge is -2.28. The lowest BCUT2D eigenvalue weighted by Crippen LogP contribution is -2.45. The van der Waals surface area contributed by atoms with Crippen LogP contribution in [-0.2, 0) is 0 Å². The predicted octanol–water partition coefficient (Wildman–Crippen LogP) is 2.40. The van der Waals surface area contributed by atoms with Crippen molar-refractivity contribution in [3.05, 3.63) is 53.9 Å². The Morgan fingerprint density at radius 3 is 2.68 bits per heavy atom. The molecule has 2 N–H and O–H groups in total. The van der Waals surface area contributed by atoms with Gasteiger partial charge in [0.15, 0.2) is 0 Å². The smallest absolute Gasteiger partial charge is 0.318 e. The first-order valence-corrected chi connectivity index (χ1v) is 8.27.